The maximum Gasteiger partial charge on any atom is 0.512 e. The number of thiazole rings is 1. The lowest BCUT2D eigenvalue weighted by molar-refractivity contribution is 0.143. The minimum absolute atomic E-state index is 0.144. The summed E-state index contributed by atoms with van der Waals surface area (Å²) in [5.74, 6) is 0.144. The number of ether oxygens (including phenoxy) is 1. The van der Waals surface area contributed by atoms with Crippen molar-refractivity contribution < 1.29 is 14.6 Å². The van der Waals surface area contributed by atoms with Gasteiger partial charge in [0.25, 0.3) is 0 Å². The van der Waals surface area contributed by atoms with E-state index in [2.05, 4.69) is 9.72 Å². The van der Waals surface area contributed by atoms with E-state index in [9.17, 15) is 4.79 Å². The molecule has 2 aromatic rings. The summed E-state index contributed by atoms with van der Waals surface area (Å²) in [6.07, 6.45) is -1.35. The van der Waals surface area contributed by atoms with E-state index >= 15 is 0 Å². The molecule has 0 unspecified atom stereocenters. The van der Waals surface area contributed by atoms with Crippen LogP contribution >= 0.6 is 11.3 Å². The normalized spacial score (nSPS) is 10.2. The minimum atomic E-state index is -1.35. The van der Waals surface area contributed by atoms with Crippen molar-refractivity contribution in [3.05, 3.63) is 34.8 Å². The quantitative estimate of drug-likeness (QED) is 0.828. The fourth-order valence-corrected chi connectivity index (χ4v) is 2.18. The first-order chi connectivity index (χ1) is 8.08. The van der Waals surface area contributed by atoms with Gasteiger partial charge in [-0.25, -0.2) is 9.78 Å². The number of rotatable bonds is 2. The summed E-state index contributed by atoms with van der Waals surface area (Å²) in [5, 5.41) is 8.60. The zero-order chi connectivity index (χ0) is 12.4. The van der Waals surface area contributed by atoms with Crippen LogP contribution in [-0.2, 0) is 0 Å². The van der Waals surface area contributed by atoms with Gasteiger partial charge in [0, 0.05) is 0 Å². The molecule has 1 aromatic carbocycles. The summed E-state index contributed by atoms with van der Waals surface area (Å²) in [4.78, 5) is 15.1. The molecule has 5 heteroatoms. The van der Waals surface area contributed by atoms with Gasteiger partial charge in [-0.05, 0) is 30.5 Å². The molecule has 0 aliphatic rings. The summed E-state index contributed by atoms with van der Waals surface area (Å²) in [5.41, 5.74) is 4.84. The second kappa shape index (κ2) is 4.55. The zero-order valence-electron chi connectivity index (χ0n) is 9.43. The zero-order valence-corrected chi connectivity index (χ0v) is 10.2. The van der Waals surface area contributed by atoms with Crippen LogP contribution in [0.3, 0.4) is 0 Å². The average molecular weight is 249 g/mol. The van der Waals surface area contributed by atoms with Crippen LogP contribution in [0.25, 0.3) is 10.4 Å². The van der Waals surface area contributed by atoms with Crippen molar-refractivity contribution in [1.29, 1.82) is 0 Å². The first-order valence-corrected chi connectivity index (χ1v) is 5.88. The third-order valence-electron chi connectivity index (χ3n) is 2.49. The van der Waals surface area contributed by atoms with E-state index < -0.39 is 6.16 Å². The second-order valence-corrected chi connectivity index (χ2v) is 4.51. The van der Waals surface area contributed by atoms with Gasteiger partial charge in [-0.1, -0.05) is 18.2 Å². The molecule has 0 bridgehead atoms. The van der Waals surface area contributed by atoms with Crippen molar-refractivity contribution in [2.24, 2.45) is 0 Å². The maximum absolute atomic E-state index is 10.5. The number of nitrogens with zero attached hydrogens (tertiary/aromatic N) is 1. The Morgan fingerprint density at radius 2 is 2.12 bits per heavy atom. The highest BCUT2D eigenvalue weighted by atomic mass is 32.1. The van der Waals surface area contributed by atoms with Gasteiger partial charge in [-0.2, -0.15) is 0 Å². The standard InChI is InChI=1S/C12H11NO3S/c1-7-3-4-9(5-8(7)2)10-11(13-6-17-10)16-12(14)15/h3-6H,1-2H3,(H,14,15). The van der Waals surface area contributed by atoms with Gasteiger partial charge in [0.2, 0.25) is 5.88 Å². The van der Waals surface area contributed by atoms with Gasteiger partial charge in [0.15, 0.2) is 0 Å². The Kier molecular flexibility index (Phi) is 3.10. The van der Waals surface area contributed by atoms with Gasteiger partial charge in [-0.15, -0.1) is 11.3 Å². The molecule has 4 nitrogen and oxygen atoms in total. The molecule has 0 amide bonds. The summed E-state index contributed by atoms with van der Waals surface area (Å²) in [6.45, 7) is 4.04. The average Bonchev–Trinajstić information content (AvgIpc) is 2.69. The fourth-order valence-electron chi connectivity index (χ4n) is 1.47. The highest BCUT2D eigenvalue weighted by Crippen LogP contribution is 2.34. The Morgan fingerprint density at radius 1 is 1.35 bits per heavy atom. The van der Waals surface area contributed by atoms with Gasteiger partial charge >= 0.3 is 6.16 Å². The Morgan fingerprint density at radius 3 is 2.76 bits per heavy atom. The fraction of sp³-hybridized carbons (Fsp3) is 0.167. The lowest BCUT2D eigenvalue weighted by atomic mass is 10.1. The highest BCUT2D eigenvalue weighted by Gasteiger charge is 2.13. The van der Waals surface area contributed by atoms with E-state index in [-0.39, 0.29) is 5.88 Å². The molecule has 1 aromatic heterocycles. The third kappa shape index (κ3) is 2.45. The number of benzene rings is 1. The molecule has 0 aliphatic carbocycles. The van der Waals surface area contributed by atoms with E-state index in [0.717, 1.165) is 16.0 Å². The van der Waals surface area contributed by atoms with E-state index in [4.69, 9.17) is 5.11 Å². The van der Waals surface area contributed by atoms with Crippen LogP contribution in [0, 0.1) is 13.8 Å². The number of hydrogen-bond donors (Lipinski definition) is 1. The van der Waals surface area contributed by atoms with Crippen LogP contribution < -0.4 is 4.74 Å². The molecule has 17 heavy (non-hydrogen) atoms. The maximum atomic E-state index is 10.5. The first kappa shape index (κ1) is 11.6. The van der Waals surface area contributed by atoms with E-state index in [1.165, 1.54) is 16.9 Å². The smallest absolute Gasteiger partial charge is 0.449 e. The molecule has 1 heterocycles. The van der Waals surface area contributed by atoms with Gasteiger partial charge < -0.3 is 9.84 Å². The molecular weight excluding hydrogens is 238 g/mol. The monoisotopic (exact) mass is 249 g/mol. The molecule has 0 radical (unpaired) electrons. The minimum Gasteiger partial charge on any atom is -0.449 e. The Bertz CT molecular complexity index is 563. The first-order valence-electron chi connectivity index (χ1n) is 5.00. The van der Waals surface area contributed by atoms with Crippen LogP contribution in [0.1, 0.15) is 11.1 Å². The van der Waals surface area contributed by atoms with Crippen LogP contribution in [0.2, 0.25) is 0 Å². The molecule has 0 spiro atoms. The molecule has 1 N–H and O–H groups in total. The number of carbonyl (C=O) groups is 1. The topological polar surface area (TPSA) is 59.4 Å². The molecular formula is C12H11NO3S. The van der Waals surface area contributed by atoms with Crippen molar-refractivity contribution in [2.45, 2.75) is 13.8 Å². The van der Waals surface area contributed by atoms with Crippen molar-refractivity contribution in [1.82, 2.24) is 4.98 Å². The molecule has 88 valence electrons. The van der Waals surface area contributed by atoms with Crippen LogP contribution in [-0.4, -0.2) is 16.2 Å². The van der Waals surface area contributed by atoms with Crippen LogP contribution in [0.4, 0.5) is 4.79 Å². The van der Waals surface area contributed by atoms with Crippen molar-refractivity contribution in [3.8, 4) is 16.3 Å². The third-order valence-corrected chi connectivity index (χ3v) is 3.34. The highest BCUT2D eigenvalue weighted by molar-refractivity contribution is 7.13. The van der Waals surface area contributed by atoms with E-state index in [1.54, 1.807) is 5.51 Å². The number of hydrogen-bond acceptors (Lipinski definition) is 4. The molecule has 0 aliphatic heterocycles. The predicted octanol–water partition coefficient (Wildman–Crippen LogP) is 3.48. The van der Waals surface area contributed by atoms with Gasteiger partial charge in [0.1, 0.15) is 0 Å². The Labute approximate surface area is 103 Å². The number of aryl methyl sites for hydroxylation is 2. The molecule has 0 saturated carbocycles. The lowest BCUT2D eigenvalue weighted by Crippen LogP contribution is -2.03. The predicted molar refractivity (Wildman–Crippen MR) is 65.7 cm³/mol. The Hall–Kier alpha value is -1.88. The summed E-state index contributed by atoms with van der Waals surface area (Å²) in [7, 11) is 0. The van der Waals surface area contributed by atoms with Crippen molar-refractivity contribution in [3.63, 3.8) is 0 Å². The van der Waals surface area contributed by atoms with Crippen molar-refractivity contribution in [2.75, 3.05) is 0 Å². The number of aromatic nitrogens is 1. The van der Waals surface area contributed by atoms with E-state index in [0.29, 0.717) is 0 Å². The van der Waals surface area contributed by atoms with Crippen LogP contribution in [0.5, 0.6) is 5.88 Å². The molecule has 0 atom stereocenters. The molecule has 0 fully saturated rings. The van der Waals surface area contributed by atoms with Gasteiger partial charge in [0.05, 0.1) is 10.4 Å². The molecule has 2 rings (SSSR count). The summed E-state index contributed by atoms with van der Waals surface area (Å²) < 4.78 is 4.63. The summed E-state index contributed by atoms with van der Waals surface area (Å²) in [6, 6.07) is 5.93. The molecule has 0 saturated heterocycles. The lowest BCUT2D eigenvalue weighted by Gasteiger charge is -2.04. The second-order valence-electron chi connectivity index (χ2n) is 3.65. The van der Waals surface area contributed by atoms with Crippen LogP contribution in [0.15, 0.2) is 23.7 Å². The SMILES string of the molecule is Cc1ccc(-c2scnc2OC(=O)O)cc1C. The summed E-state index contributed by atoms with van der Waals surface area (Å²) >= 11 is 1.36. The Balaban J connectivity index is 2.42. The largest absolute Gasteiger partial charge is 0.512 e. The number of carboxylic acid groups (broad SMARTS) is 1. The van der Waals surface area contributed by atoms with Crippen molar-refractivity contribution >= 4 is 17.5 Å². The van der Waals surface area contributed by atoms with E-state index in [1.807, 2.05) is 32.0 Å². The van der Waals surface area contributed by atoms with Gasteiger partial charge in [-0.3, -0.25) is 0 Å².